The number of aryl methyl sites for hydroxylation is 1. The molecular weight excluding hydrogens is 518 g/mol. The maximum atomic E-state index is 13.0. The van der Waals surface area contributed by atoms with Crippen LogP contribution in [-0.2, 0) is 6.42 Å². The molecule has 3 aromatic rings. The van der Waals surface area contributed by atoms with E-state index in [4.69, 9.17) is 20.2 Å². The van der Waals surface area contributed by atoms with E-state index >= 15 is 0 Å². The Balaban J connectivity index is 1.41. The van der Waals surface area contributed by atoms with Crippen LogP contribution in [0.3, 0.4) is 0 Å². The monoisotopic (exact) mass is 555 g/mol. The lowest BCUT2D eigenvalue weighted by Gasteiger charge is -2.29. The molecule has 4 N–H and O–H groups in total. The normalized spacial score (nSPS) is 16.2. The minimum atomic E-state index is -0.109. The second-order valence-corrected chi connectivity index (χ2v) is 10.3. The topological polar surface area (TPSA) is 127 Å². The number of allylic oxidation sites excluding steroid dienone is 2. The number of fused-ring (bicyclic) bond motifs is 1. The first-order valence-corrected chi connectivity index (χ1v) is 13.8. The van der Waals surface area contributed by atoms with Crippen molar-refractivity contribution in [3.05, 3.63) is 76.7 Å². The molecule has 1 aliphatic carbocycles. The van der Waals surface area contributed by atoms with Crippen molar-refractivity contribution in [3.63, 3.8) is 0 Å². The van der Waals surface area contributed by atoms with E-state index in [1.807, 2.05) is 36.5 Å². The molecule has 1 fully saturated rings. The SMILES string of the molecule is CN=C(C1=C(N)CCc2cnc(Nc3ccc(C(=O)NC4CCN(C)CC4)cc3OC)nc21)c1ccccc1OC. The van der Waals surface area contributed by atoms with Crippen molar-refractivity contribution in [2.75, 3.05) is 46.7 Å². The van der Waals surface area contributed by atoms with E-state index in [2.05, 4.69) is 32.6 Å². The number of anilines is 2. The molecule has 0 atom stereocenters. The second-order valence-electron chi connectivity index (χ2n) is 10.3. The molecular formula is C31H37N7O3. The zero-order valence-electron chi connectivity index (χ0n) is 24.0. The Morgan fingerprint density at radius 2 is 1.83 bits per heavy atom. The van der Waals surface area contributed by atoms with Crippen molar-refractivity contribution in [1.29, 1.82) is 0 Å². The van der Waals surface area contributed by atoms with Crippen molar-refractivity contribution in [2.24, 2.45) is 10.7 Å². The Kier molecular flexibility index (Phi) is 8.49. The van der Waals surface area contributed by atoms with Crippen LogP contribution in [0.25, 0.3) is 5.57 Å². The second kappa shape index (κ2) is 12.4. The summed E-state index contributed by atoms with van der Waals surface area (Å²) in [6.45, 7) is 1.95. The first kappa shape index (κ1) is 28.1. The number of ether oxygens (including phenoxy) is 2. The highest BCUT2D eigenvalue weighted by molar-refractivity contribution is 6.33. The van der Waals surface area contributed by atoms with Crippen LogP contribution in [0.1, 0.15) is 46.4 Å². The smallest absolute Gasteiger partial charge is 0.251 e. The van der Waals surface area contributed by atoms with E-state index < -0.39 is 0 Å². The fourth-order valence-electron chi connectivity index (χ4n) is 5.36. The number of carbonyl (C=O) groups is 1. The van der Waals surface area contributed by atoms with E-state index in [9.17, 15) is 4.79 Å². The largest absolute Gasteiger partial charge is 0.496 e. The van der Waals surface area contributed by atoms with Crippen LogP contribution in [0.4, 0.5) is 11.6 Å². The van der Waals surface area contributed by atoms with Gasteiger partial charge in [-0.25, -0.2) is 9.97 Å². The van der Waals surface area contributed by atoms with Gasteiger partial charge in [0.1, 0.15) is 11.5 Å². The third-order valence-corrected chi connectivity index (χ3v) is 7.67. The summed E-state index contributed by atoms with van der Waals surface area (Å²) in [4.78, 5) is 29.3. The molecule has 0 saturated carbocycles. The molecule has 1 saturated heterocycles. The number of hydrogen-bond acceptors (Lipinski definition) is 9. The highest BCUT2D eigenvalue weighted by Crippen LogP contribution is 2.35. The number of aliphatic imine (C=N–C) groups is 1. The van der Waals surface area contributed by atoms with Gasteiger partial charge in [0, 0.05) is 41.7 Å². The van der Waals surface area contributed by atoms with Gasteiger partial charge in [-0.1, -0.05) is 12.1 Å². The fraction of sp³-hybridized carbons (Fsp3) is 0.355. The standard InChI is InChI=1S/C31H37N7O3/c1-33-29(22-7-5-6-8-25(22)40-3)27-23(32)11-9-20-18-34-31(37-28(20)27)36-24-12-10-19(17-26(24)41-4)30(39)35-21-13-15-38(2)16-14-21/h5-8,10,12,17-18,21H,9,11,13-16,32H2,1-4H3,(H,35,39)(H,34,36,37). The summed E-state index contributed by atoms with van der Waals surface area (Å²) >= 11 is 0. The summed E-state index contributed by atoms with van der Waals surface area (Å²) in [7, 11) is 7.06. The Hall–Kier alpha value is -4.44. The average molecular weight is 556 g/mol. The summed E-state index contributed by atoms with van der Waals surface area (Å²) in [5.74, 6) is 1.50. The molecule has 2 aliphatic rings. The van der Waals surface area contributed by atoms with Crippen LogP contribution < -0.4 is 25.8 Å². The predicted octanol–water partition coefficient (Wildman–Crippen LogP) is 3.80. The van der Waals surface area contributed by atoms with Crippen molar-refractivity contribution in [1.82, 2.24) is 20.2 Å². The first-order chi connectivity index (χ1) is 19.9. The molecule has 10 nitrogen and oxygen atoms in total. The average Bonchev–Trinajstić information content (AvgIpc) is 3.00. The molecule has 0 spiro atoms. The number of hydrogen-bond donors (Lipinski definition) is 3. The minimum absolute atomic E-state index is 0.109. The van der Waals surface area contributed by atoms with Gasteiger partial charge in [-0.3, -0.25) is 9.79 Å². The van der Waals surface area contributed by atoms with Gasteiger partial charge in [-0.2, -0.15) is 0 Å². The molecule has 0 radical (unpaired) electrons. The number of rotatable bonds is 8. The number of amides is 1. The van der Waals surface area contributed by atoms with Crippen molar-refractivity contribution in [3.8, 4) is 11.5 Å². The van der Waals surface area contributed by atoms with Gasteiger partial charge in [0.05, 0.1) is 31.3 Å². The first-order valence-electron chi connectivity index (χ1n) is 13.8. The molecule has 1 aliphatic heterocycles. The molecule has 5 rings (SSSR count). The van der Waals surface area contributed by atoms with Crippen molar-refractivity contribution in [2.45, 2.75) is 31.7 Å². The van der Waals surface area contributed by atoms with Crippen molar-refractivity contribution < 1.29 is 14.3 Å². The van der Waals surface area contributed by atoms with Gasteiger partial charge in [0.2, 0.25) is 5.95 Å². The number of nitrogens with zero attached hydrogens (tertiary/aromatic N) is 4. The van der Waals surface area contributed by atoms with E-state index in [1.165, 1.54) is 0 Å². The summed E-state index contributed by atoms with van der Waals surface area (Å²) < 4.78 is 11.2. The molecule has 41 heavy (non-hydrogen) atoms. The summed E-state index contributed by atoms with van der Waals surface area (Å²) in [6, 6.07) is 13.2. The van der Waals surface area contributed by atoms with Crippen molar-refractivity contribution >= 4 is 28.8 Å². The quantitative estimate of drug-likeness (QED) is 0.358. The van der Waals surface area contributed by atoms with E-state index in [0.717, 1.165) is 54.7 Å². The maximum absolute atomic E-state index is 13.0. The summed E-state index contributed by atoms with van der Waals surface area (Å²) in [5, 5.41) is 6.42. The van der Waals surface area contributed by atoms with Crippen LogP contribution in [0.5, 0.6) is 11.5 Å². The highest BCUT2D eigenvalue weighted by Gasteiger charge is 2.27. The Bertz CT molecular complexity index is 1490. The zero-order valence-corrected chi connectivity index (χ0v) is 24.0. The number of nitrogens with two attached hydrogens (primary N) is 1. The lowest BCUT2D eigenvalue weighted by Crippen LogP contribution is -2.43. The molecule has 10 heteroatoms. The Labute approximate surface area is 240 Å². The summed E-state index contributed by atoms with van der Waals surface area (Å²) in [6.07, 6.45) is 5.12. The van der Waals surface area contributed by atoms with E-state index in [-0.39, 0.29) is 11.9 Å². The van der Waals surface area contributed by atoms with Gasteiger partial charge >= 0.3 is 0 Å². The van der Waals surface area contributed by atoms with Gasteiger partial charge in [-0.15, -0.1) is 0 Å². The molecule has 0 unspecified atom stereocenters. The molecule has 214 valence electrons. The van der Waals surface area contributed by atoms with Crippen LogP contribution in [0.15, 0.2) is 59.4 Å². The molecule has 0 bridgehead atoms. The zero-order chi connectivity index (χ0) is 28.9. The number of aromatic nitrogens is 2. The van der Waals surface area contributed by atoms with Crippen LogP contribution in [0, 0.1) is 0 Å². The third kappa shape index (κ3) is 6.02. The number of carbonyl (C=O) groups excluding carboxylic acids is 1. The highest BCUT2D eigenvalue weighted by atomic mass is 16.5. The van der Waals surface area contributed by atoms with Crippen LogP contribution in [-0.4, -0.2) is 73.9 Å². The number of piperidine rings is 1. The lowest BCUT2D eigenvalue weighted by molar-refractivity contribution is 0.0916. The van der Waals surface area contributed by atoms with Crippen LogP contribution >= 0.6 is 0 Å². The maximum Gasteiger partial charge on any atom is 0.251 e. The number of para-hydroxylation sites is 1. The molecule has 2 aromatic carbocycles. The van der Waals surface area contributed by atoms with Gasteiger partial charge in [0.25, 0.3) is 5.91 Å². The molecule has 1 aromatic heterocycles. The van der Waals surface area contributed by atoms with E-state index in [0.29, 0.717) is 46.5 Å². The Morgan fingerprint density at radius 3 is 2.56 bits per heavy atom. The molecule has 1 amide bonds. The van der Waals surface area contributed by atoms with Gasteiger partial charge < -0.3 is 30.7 Å². The summed E-state index contributed by atoms with van der Waals surface area (Å²) in [5.41, 5.74) is 12.5. The lowest BCUT2D eigenvalue weighted by atomic mass is 9.88. The van der Waals surface area contributed by atoms with Crippen LogP contribution in [0.2, 0.25) is 0 Å². The van der Waals surface area contributed by atoms with E-state index in [1.54, 1.807) is 33.4 Å². The van der Waals surface area contributed by atoms with Gasteiger partial charge in [0.15, 0.2) is 0 Å². The Morgan fingerprint density at radius 1 is 1.07 bits per heavy atom. The number of likely N-dealkylation sites (tertiary alicyclic amines) is 1. The fourth-order valence-corrected chi connectivity index (χ4v) is 5.36. The van der Waals surface area contributed by atoms with Gasteiger partial charge in [-0.05, 0) is 81.7 Å². The number of methoxy groups -OCH3 is 2. The third-order valence-electron chi connectivity index (χ3n) is 7.67. The number of nitrogens with one attached hydrogen (secondary N) is 2. The predicted molar refractivity (Wildman–Crippen MR) is 161 cm³/mol. The minimum Gasteiger partial charge on any atom is -0.496 e. The molecule has 2 heterocycles. The number of benzene rings is 2.